The number of anilines is 1. The van der Waals surface area contributed by atoms with Gasteiger partial charge in [0.1, 0.15) is 28.6 Å². The summed E-state index contributed by atoms with van der Waals surface area (Å²) in [5.74, 6) is 3.63. The van der Waals surface area contributed by atoms with Crippen LogP contribution in [0.5, 0.6) is 23.0 Å². The largest absolute Gasteiger partial charge is 0.497 e. The highest BCUT2D eigenvalue weighted by molar-refractivity contribution is 6.01. The highest BCUT2D eigenvalue weighted by Crippen LogP contribution is 2.55. The van der Waals surface area contributed by atoms with Gasteiger partial charge in [-0.05, 0) is 136 Å². The average Bonchev–Trinajstić information content (AvgIpc) is 3.31. The summed E-state index contributed by atoms with van der Waals surface area (Å²) < 4.78 is 37.3. The van der Waals surface area contributed by atoms with E-state index in [0.29, 0.717) is 13.0 Å². The van der Waals surface area contributed by atoms with E-state index < -0.39 is 11.2 Å². The molecular weight excluding hydrogens is 799 g/mol. The SMILES string of the molecule is COc1ccc(C2(c3ccc(OC)cc3)C=Cc3c4c(c5cc(N6CCCC(COC(C)(C)C(=O)CCCCCOC(C)C)C6)c(OC)cc5c3O2)Cc2ccccc2C4(C)C)cc1. The van der Waals surface area contributed by atoms with Crippen LogP contribution in [0.15, 0.2) is 91.0 Å². The van der Waals surface area contributed by atoms with Crippen molar-refractivity contribution in [3.63, 3.8) is 0 Å². The molecule has 1 aliphatic carbocycles. The number of fused-ring (bicyclic) bond motifs is 7. The predicted molar refractivity (Wildman–Crippen MR) is 258 cm³/mol. The molecule has 1 fully saturated rings. The maximum atomic E-state index is 13.4. The summed E-state index contributed by atoms with van der Waals surface area (Å²) in [6.45, 7) is 15.7. The number of ether oxygens (including phenoxy) is 6. The lowest BCUT2D eigenvalue weighted by Gasteiger charge is -2.42. The van der Waals surface area contributed by atoms with Crippen LogP contribution in [-0.2, 0) is 31.7 Å². The zero-order valence-corrected chi connectivity index (χ0v) is 39.5. The van der Waals surface area contributed by atoms with Crippen LogP contribution in [0.4, 0.5) is 5.69 Å². The quantitative estimate of drug-likeness (QED) is 0.0856. The number of carbonyl (C=O) groups excluding carboxylic acids is 1. The molecule has 338 valence electrons. The number of hydrogen-bond acceptors (Lipinski definition) is 8. The third-order valence-corrected chi connectivity index (χ3v) is 13.9. The number of hydrogen-bond donors (Lipinski definition) is 0. The van der Waals surface area contributed by atoms with E-state index in [4.69, 9.17) is 28.4 Å². The van der Waals surface area contributed by atoms with Crippen molar-refractivity contribution in [2.75, 3.05) is 52.5 Å². The van der Waals surface area contributed by atoms with Crippen LogP contribution >= 0.6 is 0 Å². The molecule has 1 atom stereocenters. The fourth-order valence-corrected chi connectivity index (χ4v) is 10.3. The summed E-state index contributed by atoms with van der Waals surface area (Å²) in [6.07, 6.45) is 11.0. The van der Waals surface area contributed by atoms with Crippen molar-refractivity contribution in [2.45, 2.75) is 109 Å². The second-order valence-electron chi connectivity index (χ2n) is 19.2. The first-order valence-electron chi connectivity index (χ1n) is 23.3. The molecule has 5 aromatic rings. The van der Waals surface area contributed by atoms with Gasteiger partial charge in [-0.15, -0.1) is 0 Å². The van der Waals surface area contributed by atoms with Crippen molar-refractivity contribution in [2.24, 2.45) is 5.92 Å². The lowest BCUT2D eigenvalue weighted by molar-refractivity contribution is -0.142. The molecular formula is C56H67NO7. The zero-order chi connectivity index (χ0) is 45.2. The lowest BCUT2D eigenvalue weighted by Crippen LogP contribution is -2.41. The topological polar surface area (TPSA) is 75.7 Å². The number of unbranched alkanes of at least 4 members (excludes halogenated alkanes) is 2. The summed E-state index contributed by atoms with van der Waals surface area (Å²) >= 11 is 0. The Morgan fingerprint density at radius 2 is 1.55 bits per heavy atom. The van der Waals surface area contributed by atoms with Crippen molar-refractivity contribution in [3.05, 3.63) is 130 Å². The summed E-state index contributed by atoms with van der Waals surface area (Å²) in [7, 11) is 5.15. The molecule has 8 rings (SSSR count). The van der Waals surface area contributed by atoms with Gasteiger partial charge in [-0.1, -0.05) is 74.9 Å². The molecule has 0 N–H and O–H groups in total. The van der Waals surface area contributed by atoms with E-state index in [-0.39, 0.29) is 23.2 Å². The summed E-state index contributed by atoms with van der Waals surface area (Å²) in [4.78, 5) is 15.8. The molecule has 64 heavy (non-hydrogen) atoms. The fourth-order valence-electron chi connectivity index (χ4n) is 10.3. The minimum atomic E-state index is -0.951. The maximum absolute atomic E-state index is 13.4. The highest BCUT2D eigenvalue weighted by atomic mass is 16.5. The van der Waals surface area contributed by atoms with E-state index >= 15 is 0 Å². The van der Waals surface area contributed by atoms with Gasteiger partial charge in [-0.25, -0.2) is 0 Å². The van der Waals surface area contributed by atoms with Crippen LogP contribution < -0.4 is 23.8 Å². The van der Waals surface area contributed by atoms with E-state index in [1.165, 1.54) is 27.6 Å². The van der Waals surface area contributed by atoms with E-state index in [2.05, 4.69) is 105 Å². The molecule has 3 aliphatic rings. The minimum absolute atomic E-state index is 0.166. The molecule has 0 bridgehead atoms. The first kappa shape index (κ1) is 45.3. The van der Waals surface area contributed by atoms with Gasteiger partial charge in [-0.2, -0.15) is 0 Å². The standard InChI is InChI=1S/C56H67NO7/c1-37(2)62-31-14-10-11-19-51(58)55(5,6)63-36-38-16-15-30-57(35-38)49-33-45-46-32-39-17-12-13-18-48(39)54(3,4)52(46)44-28-29-56(40-20-24-42(59-7)25-21-40,41-22-26-43(60-8)27-23-41)64-53(44)47(45)34-50(49)61-9/h12-13,17-18,20-29,33-34,37-38H,10-11,14-16,19,30-32,35-36H2,1-9H3. The number of carbonyl (C=O) groups is 1. The molecule has 0 spiro atoms. The van der Waals surface area contributed by atoms with Crippen LogP contribution in [0, 0.1) is 5.92 Å². The second-order valence-corrected chi connectivity index (χ2v) is 19.2. The first-order valence-corrected chi connectivity index (χ1v) is 23.3. The van der Waals surface area contributed by atoms with Crippen molar-refractivity contribution in [1.82, 2.24) is 0 Å². The third kappa shape index (κ3) is 8.76. The highest BCUT2D eigenvalue weighted by Gasteiger charge is 2.43. The Kier molecular flexibility index (Phi) is 13.2. The summed E-state index contributed by atoms with van der Waals surface area (Å²) in [6, 6.07) is 29.8. The van der Waals surface area contributed by atoms with Gasteiger partial charge < -0.3 is 33.3 Å². The molecule has 2 aliphatic heterocycles. The number of rotatable bonds is 17. The van der Waals surface area contributed by atoms with Crippen molar-refractivity contribution >= 4 is 28.3 Å². The number of piperidine rings is 1. The van der Waals surface area contributed by atoms with Crippen molar-refractivity contribution in [3.8, 4) is 23.0 Å². The molecule has 0 aromatic heterocycles. The third-order valence-electron chi connectivity index (χ3n) is 13.9. The smallest absolute Gasteiger partial charge is 0.178 e. The Balaban J connectivity index is 1.17. The monoisotopic (exact) mass is 865 g/mol. The molecule has 1 saturated heterocycles. The van der Waals surface area contributed by atoms with E-state index in [1.807, 2.05) is 38.1 Å². The number of methoxy groups -OCH3 is 3. The molecule has 5 aromatic carbocycles. The zero-order valence-electron chi connectivity index (χ0n) is 39.5. The van der Waals surface area contributed by atoms with Gasteiger partial charge >= 0.3 is 0 Å². The van der Waals surface area contributed by atoms with Gasteiger partial charge in [0, 0.05) is 53.6 Å². The Morgan fingerprint density at radius 1 is 0.859 bits per heavy atom. The number of Topliss-reactive ketones (excluding diaryl/α,β-unsaturated/α-hetero) is 1. The van der Waals surface area contributed by atoms with Crippen LogP contribution in [-0.4, -0.2) is 65.1 Å². The molecule has 0 radical (unpaired) electrons. The fraction of sp³-hybridized carbons (Fsp3) is 0.446. The van der Waals surface area contributed by atoms with E-state index in [9.17, 15) is 4.79 Å². The van der Waals surface area contributed by atoms with Gasteiger partial charge in [0.05, 0.1) is 39.7 Å². The van der Waals surface area contributed by atoms with E-state index in [0.717, 1.165) is 109 Å². The predicted octanol–water partition coefficient (Wildman–Crippen LogP) is 12.0. The van der Waals surface area contributed by atoms with Gasteiger partial charge in [0.15, 0.2) is 11.4 Å². The van der Waals surface area contributed by atoms with Gasteiger partial charge in [0.25, 0.3) is 0 Å². The molecule has 8 heteroatoms. The maximum Gasteiger partial charge on any atom is 0.178 e. The number of nitrogens with zero attached hydrogens (tertiary/aromatic N) is 1. The minimum Gasteiger partial charge on any atom is -0.497 e. The first-order chi connectivity index (χ1) is 30.8. The van der Waals surface area contributed by atoms with Gasteiger partial charge in [0.2, 0.25) is 0 Å². The van der Waals surface area contributed by atoms with Crippen LogP contribution in [0.3, 0.4) is 0 Å². The Hall–Kier alpha value is -5.31. The van der Waals surface area contributed by atoms with Crippen LogP contribution in [0.2, 0.25) is 0 Å². The second kappa shape index (κ2) is 18.7. The molecule has 2 heterocycles. The summed E-state index contributed by atoms with van der Waals surface area (Å²) in [5.41, 5.74) is 7.34. The Bertz CT molecular complexity index is 2440. The number of ketones is 1. The summed E-state index contributed by atoms with van der Waals surface area (Å²) in [5, 5.41) is 2.19. The van der Waals surface area contributed by atoms with Gasteiger partial charge in [-0.3, -0.25) is 4.79 Å². The Morgan fingerprint density at radius 3 is 2.20 bits per heavy atom. The average molecular weight is 866 g/mol. The van der Waals surface area contributed by atoms with Crippen LogP contribution in [0.25, 0.3) is 16.8 Å². The normalized spacial score (nSPS) is 17.3. The van der Waals surface area contributed by atoms with Crippen LogP contribution in [0.1, 0.15) is 119 Å². The molecule has 0 saturated carbocycles. The van der Waals surface area contributed by atoms with Crippen molar-refractivity contribution < 1.29 is 33.2 Å². The molecule has 8 nitrogen and oxygen atoms in total. The van der Waals surface area contributed by atoms with Crippen molar-refractivity contribution in [1.29, 1.82) is 0 Å². The molecule has 1 unspecified atom stereocenters. The number of benzene rings is 5. The lowest BCUT2D eigenvalue weighted by atomic mass is 9.65. The Labute approximate surface area is 380 Å². The molecule has 0 amide bonds. The van der Waals surface area contributed by atoms with E-state index in [1.54, 1.807) is 21.3 Å².